The average Bonchev–Trinajstić information content (AvgIpc) is 2.48. The van der Waals surface area contributed by atoms with E-state index in [-0.39, 0.29) is 6.04 Å². The maximum Gasteiger partial charge on any atom is 0.338 e. The fourth-order valence-electron chi connectivity index (χ4n) is 2.31. The molecule has 0 saturated carbocycles. The molecule has 122 valence electrons. The maximum absolute atomic E-state index is 11.7. The Balaban J connectivity index is 1.66. The van der Waals surface area contributed by atoms with Crippen LogP contribution < -0.4 is 10.8 Å². The summed E-state index contributed by atoms with van der Waals surface area (Å²) in [6.45, 7) is 1.14. The topological polar surface area (TPSA) is 87.7 Å². The number of carbonyl (C=O) groups is 1. The van der Waals surface area contributed by atoms with Gasteiger partial charge in [-0.2, -0.15) is 0 Å². The van der Waals surface area contributed by atoms with Gasteiger partial charge in [-0.25, -0.2) is 23.0 Å². The third-order valence-electron chi connectivity index (χ3n) is 3.50. The number of carbonyl (C=O) groups excluding carboxylic acids is 1. The number of nitrogens with one attached hydrogen (secondary N) is 2. The quantitative estimate of drug-likeness (QED) is 0.785. The molecule has 0 unspecified atom stereocenters. The lowest BCUT2D eigenvalue weighted by atomic mass is 10.1. The number of hydrogen-bond acceptors (Lipinski definition) is 4. The van der Waals surface area contributed by atoms with Crippen LogP contribution in [0.4, 0.5) is 4.79 Å². The highest BCUT2D eigenvalue weighted by molar-refractivity contribution is 7.88. The first kappa shape index (κ1) is 16.7. The van der Waals surface area contributed by atoms with Gasteiger partial charge < -0.3 is 5.32 Å². The van der Waals surface area contributed by atoms with E-state index >= 15 is 0 Å². The van der Waals surface area contributed by atoms with Crippen molar-refractivity contribution < 1.29 is 18.0 Å². The Labute approximate surface area is 130 Å². The monoisotopic (exact) mass is 327 g/mol. The van der Waals surface area contributed by atoms with Crippen LogP contribution in [-0.4, -0.2) is 44.1 Å². The summed E-state index contributed by atoms with van der Waals surface area (Å²) >= 11 is 0. The first-order valence-corrected chi connectivity index (χ1v) is 8.97. The van der Waals surface area contributed by atoms with E-state index in [0.29, 0.717) is 32.5 Å². The minimum atomic E-state index is -3.14. The molecule has 7 nitrogen and oxygen atoms in total. The molecule has 0 aliphatic carbocycles. The molecule has 1 aliphatic heterocycles. The van der Waals surface area contributed by atoms with E-state index in [9.17, 15) is 13.2 Å². The molecule has 1 aromatic carbocycles. The highest BCUT2D eigenvalue weighted by Gasteiger charge is 2.25. The minimum absolute atomic E-state index is 0.0432. The van der Waals surface area contributed by atoms with E-state index in [1.165, 1.54) is 10.6 Å². The van der Waals surface area contributed by atoms with Gasteiger partial charge in [-0.05, 0) is 18.4 Å². The Kier molecular flexibility index (Phi) is 5.76. The summed E-state index contributed by atoms with van der Waals surface area (Å²) in [5.74, 6) is 0. The van der Waals surface area contributed by atoms with Crippen LogP contribution in [0, 0.1) is 0 Å². The largest absolute Gasteiger partial charge is 0.338 e. The van der Waals surface area contributed by atoms with Crippen molar-refractivity contribution in [3.8, 4) is 0 Å². The standard InChI is InChI=1S/C14H21N3O4S/c1-22(19,20)17-9-7-13(8-10-17)15-14(18)16-21-11-12-5-3-2-4-6-12/h2-6,13H,7-11H2,1H3,(H2,15,16,18). The van der Waals surface area contributed by atoms with Crippen LogP contribution >= 0.6 is 0 Å². The smallest absolute Gasteiger partial charge is 0.334 e. The van der Waals surface area contributed by atoms with E-state index in [1.807, 2.05) is 30.3 Å². The Morgan fingerprint density at radius 1 is 1.27 bits per heavy atom. The fourth-order valence-corrected chi connectivity index (χ4v) is 3.18. The summed E-state index contributed by atoms with van der Waals surface area (Å²) < 4.78 is 24.2. The summed E-state index contributed by atoms with van der Waals surface area (Å²) in [5, 5.41) is 2.78. The number of sulfonamides is 1. The number of urea groups is 1. The highest BCUT2D eigenvalue weighted by Crippen LogP contribution is 2.12. The van der Waals surface area contributed by atoms with Crippen LogP contribution in [0.5, 0.6) is 0 Å². The first-order chi connectivity index (χ1) is 10.4. The summed E-state index contributed by atoms with van der Waals surface area (Å²) in [6, 6.07) is 9.06. The lowest BCUT2D eigenvalue weighted by Gasteiger charge is -2.30. The maximum atomic E-state index is 11.7. The molecule has 0 atom stereocenters. The van der Waals surface area contributed by atoms with E-state index in [1.54, 1.807) is 0 Å². The van der Waals surface area contributed by atoms with Gasteiger partial charge >= 0.3 is 6.03 Å². The van der Waals surface area contributed by atoms with Gasteiger partial charge in [0.25, 0.3) is 0 Å². The average molecular weight is 327 g/mol. The molecule has 8 heteroatoms. The molecule has 2 amide bonds. The van der Waals surface area contributed by atoms with Crippen LogP contribution in [0.25, 0.3) is 0 Å². The number of amides is 2. The predicted molar refractivity (Wildman–Crippen MR) is 82.3 cm³/mol. The molecule has 2 rings (SSSR count). The zero-order chi connectivity index (χ0) is 16.0. The first-order valence-electron chi connectivity index (χ1n) is 7.12. The van der Waals surface area contributed by atoms with Crippen molar-refractivity contribution in [1.82, 2.24) is 15.1 Å². The minimum Gasteiger partial charge on any atom is -0.334 e. The molecule has 0 aromatic heterocycles. The lowest BCUT2D eigenvalue weighted by molar-refractivity contribution is 0.0475. The molecule has 1 aliphatic rings. The van der Waals surface area contributed by atoms with Crippen LogP contribution in [0.3, 0.4) is 0 Å². The predicted octanol–water partition coefficient (Wildman–Crippen LogP) is 0.841. The molecule has 1 heterocycles. The molecular weight excluding hydrogens is 306 g/mol. The van der Waals surface area contributed by atoms with E-state index in [0.717, 1.165) is 5.56 Å². The van der Waals surface area contributed by atoms with Crippen molar-refractivity contribution in [2.24, 2.45) is 0 Å². The normalized spacial score (nSPS) is 17.1. The fraction of sp³-hybridized carbons (Fsp3) is 0.500. The summed E-state index contributed by atoms with van der Waals surface area (Å²) in [6.07, 6.45) is 2.39. The summed E-state index contributed by atoms with van der Waals surface area (Å²) in [7, 11) is -3.14. The number of benzene rings is 1. The van der Waals surface area contributed by atoms with Crippen LogP contribution in [0.2, 0.25) is 0 Å². The van der Waals surface area contributed by atoms with Gasteiger partial charge in [0.2, 0.25) is 10.0 Å². The van der Waals surface area contributed by atoms with Gasteiger partial charge in [-0.15, -0.1) is 0 Å². The van der Waals surface area contributed by atoms with Crippen molar-refractivity contribution in [2.75, 3.05) is 19.3 Å². The molecule has 0 radical (unpaired) electrons. The number of piperidine rings is 1. The molecule has 1 fully saturated rings. The molecule has 2 N–H and O–H groups in total. The molecule has 0 spiro atoms. The van der Waals surface area contributed by atoms with Crippen LogP contribution in [-0.2, 0) is 21.5 Å². The van der Waals surface area contributed by atoms with Gasteiger partial charge in [-0.1, -0.05) is 30.3 Å². The van der Waals surface area contributed by atoms with Crippen molar-refractivity contribution in [2.45, 2.75) is 25.5 Å². The van der Waals surface area contributed by atoms with Crippen molar-refractivity contribution in [3.63, 3.8) is 0 Å². The molecular formula is C14H21N3O4S. The third-order valence-corrected chi connectivity index (χ3v) is 4.81. The lowest BCUT2D eigenvalue weighted by Crippen LogP contribution is -2.48. The summed E-state index contributed by atoms with van der Waals surface area (Å²) in [4.78, 5) is 16.8. The SMILES string of the molecule is CS(=O)(=O)N1CCC(NC(=O)NOCc2ccccc2)CC1. The van der Waals surface area contributed by atoms with Gasteiger partial charge in [0.05, 0.1) is 12.9 Å². The number of hydrogen-bond donors (Lipinski definition) is 2. The van der Waals surface area contributed by atoms with Crippen molar-refractivity contribution >= 4 is 16.1 Å². The zero-order valence-electron chi connectivity index (χ0n) is 12.5. The molecule has 1 saturated heterocycles. The summed E-state index contributed by atoms with van der Waals surface area (Å²) in [5.41, 5.74) is 3.30. The number of hydroxylamine groups is 1. The second-order valence-electron chi connectivity index (χ2n) is 5.29. The zero-order valence-corrected chi connectivity index (χ0v) is 13.3. The third kappa shape index (κ3) is 5.28. The van der Waals surface area contributed by atoms with Gasteiger partial charge in [-0.3, -0.25) is 4.84 Å². The van der Waals surface area contributed by atoms with Crippen LogP contribution in [0.1, 0.15) is 18.4 Å². The Hall–Kier alpha value is -1.64. The molecule has 22 heavy (non-hydrogen) atoms. The Bertz CT molecular complexity index is 583. The van der Waals surface area contributed by atoms with E-state index < -0.39 is 16.1 Å². The van der Waals surface area contributed by atoms with E-state index in [4.69, 9.17) is 4.84 Å². The van der Waals surface area contributed by atoms with Crippen LogP contribution in [0.15, 0.2) is 30.3 Å². The van der Waals surface area contributed by atoms with Gasteiger partial charge in [0.15, 0.2) is 0 Å². The van der Waals surface area contributed by atoms with Gasteiger partial charge in [0, 0.05) is 19.1 Å². The van der Waals surface area contributed by atoms with Crippen molar-refractivity contribution in [3.05, 3.63) is 35.9 Å². The number of nitrogens with zero attached hydrogens (tertiary/aromatic N) is 1. The Morgan fingerprint density at radius 2 is 1.91 bits per heavy atom. The Morgan fingerprint density at radius 3 is 2.50 bits per heavy atom. The second-order valence-corrected chi connectivity index (χ2v) is 7.27. The second kappa shape index (κ2) is 7.57. The van der Waals surface area contributed by atoms with Gasteiger partial charge in [0.1, 0.15) is 0 Å². The van der Waals surface area contributed by atoms with Crippen molar-refractivity contribution in [1.29, 1.82) is 0 Å². The number of rotatable bonds is 5. The molecule has 1 aromatic rings. The van der Waals surface area contributed by atoms with E-state index in [2.05, 4.69) is 10.8 Å². The molecule has 0 bridgehead atoms. The highest BCUT2D eigenvalue weighted by atomic mass is 32.2.